The summed E-state index contributed by atoms with van der Waals surface area (Å²) in [7, 11) is 1.32. The van der Waals surface area contributed by atoms with Crippen LogP contribution in [0.1, 0.15) is 15.9 Å². The molecule has 0 unspecified atom stereocenters. The van der Waals surface area contributed by atoms with Crippen LogP contribution < -0.4 is 4.74 Å². The molecule has 0 spiro atoms. The van der Waals surface area contributed by atoms with Crippen LogP contribution in [0.2, 0.25) is 0 Å². The summed E-state index contributed by atoms with van der Waals surface area (Å²) in [5.41, 5.74) is -0.0479. The van der Waals surface area contributed by atoms with E-state index in [-0.39, 0.29) is 11.3 Å². The van der Waals surface area contributed by atoms with Crippen molar-refractivity contribution in [2.75, 3.05) is 7.11 Å². The van der Waals surface area contributed by atoms with Crippen LogP contribution >= 0.6 is 0 Å². The smallest absolute Gasteiger partial charge is 0.417 e. The van der Waals surface area contributed by atoms with E-state index in [1.165, 1.54) is 43.5 Å². The molecular formula is C15H11F3O2. The first kappa shape index (κ1) is 14.1. The minimum Gasteiger partial charge on any atom is -0.496 e. The average molecular weight is 280 g/mol. The molecule has 0 N–H and O–H groups in total. The zero-order chi connectivity index (χ0) is 14.8. The van der Waals surface area contributed by atoms with Crippen LogP contribution in [0, 0.1) is 0 Å². The summed E-state index contributed by atoms with van der Waals surface area (Å²) in [5.74, 6) is 0.138. The Bertz CT molecular complexity index is 616. The topological polar surface area (TPSA) is 26.3 Å². The Labute approximate surface area is 113 Å². The van der Waals surface area contributed by atoms with E-state index in [2.05, 4.69) is 0 Å². The molecule has 0 saturated carbocycles. The Kier molecular flexibility index (Phi) is 3.79. The van der Waals surface area contributed by atoms with E-state index >= 15 is 0 Å². The van der Waals surface area contributed by atoms with Crippen molar-refractivity contribution in [3.8, 4) is 16.9 Å². The van der Waals surface area contributed by atoms with Crippen LogP contribution in [0.3, 0.4) is 0 Å². The predicted octanol–water partition coefficient (Wildman–Crippen LogP) is 4.19. The summed E-state index contributed by atoms with van der Waals surface area (Å²) >= 11 is 0. The van der Waals surface area contributed by atoms with Crippen LogP contribution in [-0.4, -0.2) is 13.4 Å². The molecule has 2 rings (SSSR count). The van der Waals surface area contributed by atoms with E-state index in [1.807, 2.05) is 0 Å². The summed E-state index contributed by atoms with van der Waals surface area (Å²) in [6, 6.07) is 9.64. The van der Waals surface area contributed by atoms with Gasteiger partial charge in [-0.3, -0.25) is 4.79 Å². The second-order valence-electron chi connectivity index (χ2n) is 4.12. The molecule has 0 saturated heterocycles. The van der Waals surface area contributed by atoms with E-state index in [0.29, 0.717) is 17.4 Å². The van der Waals surface area contributed by atoms with Crippen LogP contribution in [0.4, 0.5) is 13.2 Å². The van der Waals surface area contributed by atoms with Crippen molar-refractivity contribution in [3.63, 3.8) is 0 Å². The second-order valence-corrected chi connectivity index (χ2v) is 4.12. The number of methoxy groups -OCH3 is 1. The van der Waals surface area contributed by atoms with Gasteiger partial charge in [0.1, 0.15) is 12.0 Å². The number of halogens is 3. The maximum atomic E-state index is 13.1. The highest BCUT2D eigenvalue weighted by molar-refractivity contribution is 5.79. The first-order valence-electron chi connectivity index (χ1n) is 5.77. The molecule has 5 heteroatoms. The molecule has 2 aromatic carbocycles. The Balaban J connectivity index is 2.66. The maximum absolute atomic E-state index is 13.1. The van der Waals surface area contributed by atoms with Gasteiger partial charge in [0, 0.05) is 11.1 Å². The lowest BCUT2D eigenvalue weighted by Gasteiger charge is -2.16. The molecule has 0 atom stereocenters. The second kappa shape index (κ2) is 5.36. The third-order valence-electron chi connectivity index (χ3n) is 2.89. The lowest BCUT2D eigenvalue weighted by molar-refractivity contribution is -0.137. The van der Waals surface area contributed by atoms with Gasteiger partial charge in [0.2, 0.25) is 0 Å². The van der Waals surface area contributed by atoms with Gasteiger partial charge in [0.05, 0.1) is 12.7 Å². The minimum atomic E-state index is -4.48. The van der Waals surface area contributed by atoms with E-state index in [0.717, 1.165) is 6.07 Å². The fourth-order valence-electron chi connectivity index (χ4n) is 1.96. The van der Waals surface area contributed by atoms with Gasteiger partial charge in [0.25, 0.3) is 0 Å². The molecule has 0 aliphatic carbocycles. The Morgan fingerprint density at radius 2 is 1.70 bits per heavy atom. The fourth-order valence-corrected chi connectivity index (χ4v) is 1.96. The highest BCUT2D eigenvalue weighted by atomic mass is 19.4. The molecule has 0 fully saturated rings. The van der Waals surface area contributed by atoms with Crippen LogP contribution in [-0.2, 0) is 6.18 Å². The normalized spacial score (nSPS) is 11.2. The summed E-state index contributed by atoms with van der Waals surface area (Å²) in [5, 5.41) is 0. The van der Waals surface area contributed by atoms with Gasteiger partial charge < -0.3 is 4.74 Å². The van der Waals surface area contributed by atoms with Crippen molar-refractivity contribution in [2.24, 2.45) is 0 Å². The highest BCUT2D eigenvalue weighted by Crippen LogP contribution is 2.41. The summed E-state index contributed by atoms with van der Waals surface area (Å²) in [4.78, 5) is 10.6. The quantitative estimate of drug-likeness (QED) is 0.788. The molecule has 104 valence electrons. The monoisotopic (exact) mass is 280 g/mol. The minimum absolute atomic E-state index is 0.0278. The Morgan fingerprint density at radius 3 is 2.20 bits per heavy atom. The largest absolute Gasteiger partial charge is 0.496 e. The van der Waals surface area contributed by atoms with Crippen molar-refractivity contribution < 1.29 is 22.7 Å². The first-order valence-corrected chi connectivity index (χ1v) is 5.77. The van der Waals surface area contributed by atoms with Gasteiger partial charge in [0.15, 0.2) is 0 Å². The Hall–Kier alpha value is -2.30. The molecule has 0 amide bonds. The molecule has 0 radical (unpaired) electrons. The third-order valence-corrected chi connectivity index (χ3v) is 2.89. The maximum Gasteiger partial charge on any atom is 0.417 e. The molecule has 0 aliphatic heterocycles. The van der Waals surface area contributed by atoms with Gasteiger partial charge in [-0.1, -0.05) is 30.3 Å². The van der Waals surface area contributed by atoms with E-state index in [4.69, 9.17) is 4.74 Å². The standard InChI is InChI=1S/C15H11F3O2/c1-20-13-4-2-3-12(15(16,17)18)14(13)11-7-5-10(9-19)6-8-11/h2-9H,1H3. The van der Waals surface area contributed by atoms with Gasteiger partial charge >= 0.3 is 6.18 Å². The van der Waals surface area contributed by atoms with Gasteiger partial charge in [-0.15, -0.1) is 0 Å². The lowest BCUT2D eigenvalue weighted by atomic mass is 9.97. The van der Waals surface area contributed by atoms with Gasteiger partial charge in [-0.2, -0.15) is 13.2 Å². The highest BCUT2D eigenvalue weighted by Gasteiger charge is 2.34. The predicted molar refractivity (Wildman–Crippen MR) is 68.8 cm³/mol. The van der Waals surface area contributed by atoms with E-state index in [1.54, 1.807) is 0 Å². The fraction of sp³-hybridized carbons (Fsp3) is 0.133. The number of hydrogen-bond donors (Lipinski definition) is 0. The SMILES string of the molecule is COc1cccc(C(F)(F)F)c1-c1ccc(C=O)cc1. The van der Waals surface area contributed by atoms with Gasteiger partial charge in [-0.25, -0.2) is 0 Å². The number of benzene rings is 2. The number of hydrogen-bond acceptors (Lipinski definition) is 2. The number of ether oxygens (including phenoxy) is 1. The van der Waals surface area contributed by atoms with E-state index < -0.39 is 11.7 Å². The van der Waals surface area contributed by atoms with Crippen molar-refractivity contribution >= 4 is 6.29 Å². The molecule has 2 nitrogen and oxygen atoms in total. The van der Waals surface area contributed by atoms with Crippen LogP contribution in [0.15, 0.2) is 42.5 Å². The van der Waals surface area contributed by atoms with E-state index in [9.17, 15) is 18.0 Å². The van der Waals surface area contributed by atoms with Gasteiger partial charge in [-0.05, 0) is 17.7 Å². The van der Waals surface area contributed by atoms with Crippen molar-refractivity contribution in [1.82, 2.24) is 0 Å². The average Bonchev–Trinajstić information content (AvgIpc) is 2.45. The molecular weight excluding hydrogens is 269 g/mol. The Morgan fingerprint density at radius 1 is 1.05 bits per heavy atom. The molecule has 0 aromatic heterocycles. The number of aldehydes is 1. The number of alkyl halides is 3. The zero-order valence-corrected chi connectivity index (χ0v) is 10.6. The summed E-state index contributed by atoms with van der Waals surface area (Å²) < 4.78 is 44.3. The van der Waals surface area contributed by atoms with Crippen molar-refractivity contribution in [3.05, 3.63) is 53.6 Å². The van der Waals surface area contributed by atoms with Crippen LogP contribution in [0.5, 0.6) is 5.75 Å². The molecule has 2 aromatic rings. The molecule has 20 heavy (non-hydrogen) atoms. The molecule has 0 aliphatic rings. The third kappa shape index (κ3) is 2.66. The molecule has 0 bridgehead atoms. The lowest BCUT2D eigenvalue weighted by Crippen LogP contribution is -2.08. The number of rotatable bonds is 3. The number of carbonyl (C=O) groups excluding carboxylic acids is 1. The molecule has 0 heterocycles. The number of carbonyl (C=O) groups is 1. The summed E-state index contributed by atoms with van der Waals surface area (Å²) in [6.07, 6.45) is -3.84. The van der Waals surface area contributed by atoms with Crippen molar-refractivity contribution in [1.29, 1.82) is 0 Å². The zero-order valence-electron chi connectivity index (χ0n) is 10.6. The first-order chi connectivity index (χ1) is 9.47. The van der Waals surface area contributed by atoms with Crippen molar-refractivity contribution in [2.45, 2.75) is 6.18 Å². The van der Waals surface area contributed by atoms with Crippen LogP contribution in [0.25, 0.3) is 11.1 Å². The summed E-state index contributed by atoms with van der Waals surface area (Å²) in [6.45, 7) is 0.